The van der Waals surface area contributed by atoms with Gasteiger partial charge in [0.15, 0.2) is 0 Å². The van der Waals surface area contributed by atoms with Gasteiger partial charge in [0.2, 0.25) is 0 Å². The molecule has 0 aliphatic heterocycles. The van der Waals surface area contributed by atoms with Crippen LogP contribution in [0.25, 0.3) is 10.9 Å². The van der Waals surface area contributed by atoms with Gasteiger partial charge >= 0.3 is 5.69 Å². The Morgan fingerprint density at radius 3 is 2.62 bits per heavy atom. The molecule has 0 spiro atoms. The molecule has 0 saturated heterocycles. The smallest absolute Gasteiger partial charge is 0.309 e. The van der Waals surface area contributed by atoms with Crippen molar-refractivity contribution in [2.45, 2.75) is 26.2 Å². The van der Waals surface area contributed by atoms with Gasteiger partial charge in [0.1, 0.15) is 0 Å². The monoisotopic (exact) mass is 236 g/mol. The lowest BCUT2D eigenvalue weighted by molar-refractivity contribution is 0.571. The lowest BCUT2D eigenvalue weighted by Gasteiger charge is -2.20. The van der Waals surface area contributed by atoms with Gasteiger partial charge in [-0.25, -0.2) is 4.79 Å². The zero-order chi connectivity index (χ0) is 11.9. The maximum atomic E-state index is 11.5. The third-order valence-corrected chi connectivity index (χ3v) is 2.67. The SMILES string of the molecule is CC(C)(C)c1[nH]c(=O)nc2cc(Cl)ccc12. The Kier molecular flexibility index (Phi) is 2.50. The maximum absolute atomic E-state index is 11.5. The molecule has 1 aromatic heterocycles. The van der Waals surface area contributed by atoms with Gasteiger partial charge in [-0.2, -0.15) is 4.98 Å². The van der Waals surface area contributed by atoms with Crippen molar-refractivity contribution >= 4 is 22.5 Å². The molecule has 0 amide bonds. The quantitative estimate of drug-likeness (QED) is 0.765. The van der Waals surface area contributed by atoms with Gasteiger partial charge in [-0.1, -0.05) is 32.4 Å². The van der Waals surface area contributed by atoms with E-state index in [9.17, 15) is 4.79 Å². The lowest BCUT2D eigenvalue weighted by Crippen LogP contribution is -2.21. The Morgan fingerprint density at radius 1 is 1.31 bits per heavy atom. The molecule has 4 heteroatoms. The fraction of sp³-hybridized carbons (Fsp3) is 0.333. The van der Waals surface area contributed by atoms with E-state index in [0.29, 0.717) is 10.5 Å². The molecular formula is C12H13ClN2O. The first-order chi connectivity index (χ1) is 7.38. The van der Waals surface area contributed by atoms with Crippen LogP contribution < -0.4 is 5.69 Å². The topological polar surface area (TPSA) is 45.8 Å². The predicted octanol–water partition coefficient (Wildman–Crippen LogP) is 2.87. The van der Waals surface area contributed by atoms with Crippen LogP contribution in [0, 0.1) is 0 Å². The maximum Gasteiger partial charge on any atom is 0.345 e. The van der Waals surface area contributed by atoms with Crippen LogP contribution in [-0.4, -0.2) is 9.97 Å². The molecule has 1 N–H and O–H groups in total. The van der Waals surface area contributed by atoms with Crippen LogP contribution in [-0.2, 0) is 5.41 Å². The summed E-state index contributed by atoms with van der Waals surface area (Å²) in [5, 5.41) is 1.53. The largest absolute Gasteiger partial charge is 0.345 e. The molecule has 1 aromatic carbocycles. The fourth-order valence-electron chi connectivity index (χ4n) is 1.71. The molecule has 0 radical (unpaired) electrons. The van der Waals surface area contributed by atoms with E-state index in [2.05, 4.69) is 9.97 Å². The van der Waals surface area contributed by atoms with Crippen molar-refractivity contribution in [3.05, 3.63) is 39.4 Å². The van der Waals surface area contributed by atoms with Gasteiger partial charge in [0.25, 0.3) is 0 Å². The number of benzene rings is 1. The first kappa shape index (κ1) is 11.1. The Hall–Kier alpha value is -1.35. The second-order valence-electron chi connectivity index (χ2n) is 4.83. The van der Waals surface area contributed by atoms with E-state index in [1.807, 2.05) is 26.8 Å². The zero-order valence-corrected chi connectivity index (χ0v) is 10.2. The average molecular weight is 237 g/mol. The summed E-state index contributed by atoms with van der Waals surface area (Å²) in [5.41, 5.74) is 1.06. The highest BCUT2D eigenvalue weighted by Gasteiger charge is 2.18. The normalized spacial score (nSPS) is 12.0. The van der Waals surface area contributed by atoms with Crippen LogP contribution in [0.15, 0.2) is 23.0 Å². The minimum Gasteiger partial charge on any atom is -0.309 e. The van der Waals surface area contributed by atoms with Crippen LogP contribution in [0.5, 0.6) is 0 Å². The molecule has 84 valence electrons. The molecule has 0 unspecified atom stereocenters. The number of nitrogens with one attached hydrogen (secondary N) is 1. The van der Waals surface area contributed by atoms with E-state index in [-0.39, 0.29) is 11.1 Å². The van der Waals surface area contributed by atoms with Gasteiger partial charge < -0.3 is 4.98 Å². The van der Waals surface area contributed by atoms with Gasteiger partial charge in [-0.15, -0.1) is 0 Å². The van der Waals surface area contributed by atoms with Crippen molar-refractivity contribution in [1.29, 1.82) is 0 Å². The number of halogens is 1. The molecule has 2 rings (SSSR count). The van der Waals surface area contributed by atoms with Crippen molar-refractivity contribution in [3.63, 3.8) is 0 Å². The Morgan fingerprint density at radius 2 is 2.00 bits per heavy atom. The molecule has 0 aliphatic carbocycles. The minimum absolute atomic E-state index is 0.131. The van der Waals surface area contributed by atoms with Gasteiger partial charge in [-0.05, 0) is 18.2 Å². The van der Waals surface area contributed by atoms with Crippen LogP contribution in [0.1, 0.15) is 26.5 Å². The fourth-order valence-corrected chi connectivity index (χ4v) is 1.88. The molecule has 1 heterocycles. The summed E-state index contributed by atoms with van der Waals surface area (Å²) in [4.78, 5) is 18.2. The Labute approximate surface area is 98.5 Å². The molecule has 0 fully saturated rings. The van der Waals surface area contributed by atoms with E-state index >= 15 is 0 Å². The summed E-state index contributed by atoms with van der Waals surface area (Å²) in [6.45, 7) is 6.14. The lowest BCUT2D eigenvalue weighted by atomic mass is 9.89. The van der Waals surface area contributed by atoms with Crippen LogP contribution in [0.2, 0.25) is 5.02 Å². The standard InChI is InChI=1S/C12H13ClN2O/c1-12(2,3)10-8-5-4-7(13)6-9(8)14-11(16)15-10/h4-6H,1-3H3,(H,14,15,16). The number of rotatable bonds is 0. The molecule has 0 saturated carbocycles. The van der Waals surface area contributed by atoms with Gasteiger partial charge in [-0.3, -0.25) is 0 Å². The number of hydrogen-bond donors (Lipinski definition) is 1. The van der Waals surface area contributed by atoms with E-state index in [1.165, 1.54) is 0 Å². The van der Waals surface area contributed by atoms with E-state index < -0.39 is 0 Å². The summed E-state index contributed by atoms with van der Waals surface area (Å²) >= 11 is 5.89. The summed E-state index contributed by atoms with van der Waals surface area (Å²) in [6.07, 6.45) is 0. The number of aromatic amines is 1. The summed E-state index contributed by atoms with van der Waals surface area (Å²) in [7, 11) is 0. The number of aromatic nitrogens is 2. The van der Waals surface area contributed by atoms with Crippen LogP contribution >= 0.6 is 11.6 Å². The third kappa shape index (κ3) is 1.95. The van der Waals surface area contributed by atoms with E-state index in [4.69, 9.17) is 11.6 Å². The summed E-state index contributed by atoms with van der Waals surface area (Å²) < 4.78 is 0. The van der Waals surface area contributed by atoms with Crippen molar-refractivity contribution in [2.24, 2.45) is 0 Å². The number of fused-ring (bicyclic) bond motifs is 1. The second-order valence-corrected chi connectivity index (χ2v) is 5.26. The molecule has 16 heavy (non-hydrogen) atoms. The van der Waals surface area contributed by atoms with Crippen molar-refractivity contribution in [1.82, 2.24) is 9.97 Å². The highest BCUT2D eigenvalue weighted by atomic mass is 35.5. The predicted molar refractivity (Wildman–Crippen MR) is 66.1 cm³/mol. The zero-order valence-electron chi connectivity index (χ0n) is 9.47. The van der Waals surface area contributed by atoms with Gasteiger partial charge in [0.05, 0.1) is 5.52 Å². The van der Waals surface area contributed by atoms with Gasteiger partial charge in [0, 0.05) is 21.5 Å². The first-order valence-electron chi connectivity index (χ1n) is 5.08. The summed E-state index contributed by atoms with van der Waals surface area (Å²) in [6, 6.07) is 5.40. The highest BCUT2D eigenvalue weighted by Crippen LogP contribution is 2.27. The Balaban J connectivity index is 2.89. The molecular weight excluding hydrogens is 224 g/mol. The second kappa shape index (κ2) is 3.59. The molecule has 3 nitrogen and oxygen atoms in total. The minimum atomic E-state index is -0.334. The van der Waals surface area contributed by atoms with E-state index in [0.717, 1.165) is 11.1 Å². The first-order valence-corrected chi connectivity index (χ1v) is 5.46. The molecule has 0 aliphatic rings. The molecule has 0 atom stereocenters. The number of nitrogens with zero attached hydrogens (tertiary/aromatic N) is 1. The number of hydrogen-bond acceptors (Lipinski definition) is 2. The van der Waals surface area contributed by atoms with E-state index in [1.54, 1.807) is 12.1 Å². The average Bonchev–Trinajstić information content (AvgIpc) is 2.14. The van der Waals surface area contributed by atoms with Crippen molar-refractivity contribution < 1.29 is 0 Å². The Bertz CT molecular complexity index is 596. The van der Waals surface area contributed by atoms with Crippen molar-refractivity contribution in [3.8, 4) is 0 Å². The van der Waals surface area contributed by atoms with Crippen LogP contribution in [0.3, 0.4) is 0 Å². The molecule has 2 aromatic rings. The molecule has 0 bridgehead atoms. The highest BCUT2D eigenvalue weighted by molar-refractivity contribution is 6.31. The van der Waals surface area contributed by atoms with Crippen LogP contribution in [0.4, 0.5) is 0 Å². The summed E-state index contributed by atoms with van der Waals surface area (Å²) in [5.74, 6) is 0. The van der Waals surface area contributed by atoms with Crippen molar-refractivity contribution in [2.75, 3.05) is 0 Å². The third-order valence-electron chi connectivity index (χ3n) is 2.43. The number of H-pyrrole nitrogens is 1.